The molecule has 4 heteroatoms. The molecule has 3 aromatic carbocycles. The molecule has 0 spiro atoms. The lowest BCUT2D eigenvalue weighted by molar-refractivity contribution is 0.0601. The molecule has 1 heterocycles. The van der Waals surface area contributed by atoms with Crippen LogP contribution in [0, 0.1) is 0 Å². The lowest BCUT2D eigenvalue weighted by Gasteiger charge is -2.07. The normalized spacial score (nSPS) is 11.1. The molecule has 2 nitrogen and oxygen atoms in total. The van der Waals surface area contributed by atoms with E-state index >= 15 is 0 Å². The molecule has 0 fully saturated rings. The zero-order valence-electron chi connectivity index (χ0n) is 12.9. The number of hydrogen-bond donors (Lipinski definition) is 0. The molecule has 24 heavy (non-hydrogen) atoms. The highest BCUT2D eigenvalue weighted by Gasteiger charge is 2.15. The van der Waals surface area contributed by atoms with Crippen LogP contribution in [-0.4, -0.2) is 13.1 Å². The molecule has 4 aromatic rings. The summed E-state index contributed by atoms with van der Waals surface area (Å²) in [6, 6.07) is 20.3. The minimum Gasteiger partial charge on any atom is -0.465 e. The van der Waals surface area contributed by atoms with E-state index in [9.17, 15) is 4.79 Å². The number of carbonyl (C=O) groups is 1. The second-order valence-corrected chi connectivity index (χ2v) is 7.47. The maximum atomic E-state index is 12.1. The van der Waals surface area contributed by atoms with Crippen LogP contribution < -0.4 is 0 Å². The molecule has 0 bridgehead atoms. The van der Waals surface area contributed by atoms with Crippen molar-refractivity contribution in [2.75, 3.05) is 7.11 Å². The summed E-state index contributed by atoms with van der Waals surface area (Å²) in [6.45, 7) is 0. The van der Waals surface area contributed by atoms with Crippen LogP contribution in [0.3, 0.4) is 0 Å². The Balaban J connectivity index is 2.09. The van der Waals surface area contributed by atoms with Gasteiger partial charge >= 0.3 is 5.97 Å². The number of fused-ring (bicyclic) bond motifs is 3. The summed E-state index contributed by atoms with van der Waals surface area (Å²) in [5.74, 6) is -0.314. The average Bonchev–Trinajstić information content (AvgIpc) is 2.99. The number of halogens is 1. The topological polar surface area (TPSA) is 26.3 Å². The molecule has 118 valence electrons. The number of hydrogen-bond acceptors (Lipinski definition) is 3. The quantitative estimate of drug-likeness (QED) is 0.373. The number of benzene rings is 3. The van der Waals surface area contributed by atoms with E-state index in [4.69, 9.17) is 4.74 Å². The number of methoxy groups -OCH3 is 1. The summed E-state index contributed by atoms with van der Waals surface area (Å²) in [5.41, 5.74) is 2.72. The SMILES string of the molecule is COC(=O)c1cc(-c2ccc(Br)cc2)c2sc3ccccc3c2c1. The number of thiophene rings is 1. The summed E-state index contributed by atoms with van der Waals surface area (Å²) in [7, 11) is 1.41. The van der Waals surface area contributed by atoms with Gasteiger partial charge in [0.15, 0.2) is 0 Å². The van der Waals surface area contributed by atoms with Crippen molar-refractivity contribution in [3.63, 3.8) is 0 Å². The molecule has 0 saturated heterocycles. The Morgan fingerprint density at radius 1 is 1.00 bits per heavy atom. The third-order valence-corrected chi connectivity index (χ3v) is 5.80. The van der Waals surface area contributed by atoms with Gasteiger partial charge in [-0.05, 0) is 35.9 Å². The molecular formula is C20H13BrO2S. The minimum absolute atomic E-state index is 0.314. The summed E-state index contributed by atoms with van der Waals surface area (Å²) in [5, 5.41) is 2.26. The summed E-state index contributed by atoms with van der Waals surface area (Å²) in [6.07, 6.45) is 0. The fraction of sp³-hybridized carbons (Fsp3) is 0.0500. The maximum absolute atomic E-state index is 12.1. The van der Waals surface area contributed by atoms with Gasteiger partial charge in [-0.2, -0.15) is 0 Å². The summed E-state index contributed by atoms with van der Waals surface area (Å²) in [4.78, 5) is 12.1. The predicted molar refractivity (Wildman–Crippen MR) is 104 cm³/mol. The largest absolute Gasteiger partial charge is 0.465 e. The van der Waals surface area contributed by atoms with E-state index in [2.05, 4.69) is 40.2 Å². The van der Waals surface area contributed by atoms with Crippen molar-refractivity contribution in [1.29, 1.82) is 0 Å². The van der Waals surface area contributed by atoms with Crippen LogP contribution in [0.2, 0.25) is 0 Å². The monoisotopic (exact) mass is 396 g/mol. The molecule has 0 amide bonds. The van der Waals surface area contributed by atoms with Crippen molar-refractivity contribution in [2.45, 2.75) is 0 Å². The van der Waals surface area contributed by atoms with E-state index in [1.165, 1.54) is 21.9 Å². The first-order valence-electron chi connectivity index (χ1n) is 7.47. The Kier molecular flexibility index (Phi) is 3.87. The Bertz CT molecular complexity index is 1060. The third-order valence-electron chi connectivity index (χ3n) is 4.05. The van der Waals surface area contributed by atoms with E-state index in [1.54, 1.807) is 11.3 Å². The number of carbonyl (C=O) groups excluding carboxylic acids is 1. The molecule has 0 aliphatic carbocycles. The van der Waals surface area contributed by atoms with Crippen LogP contribution in [0.5, 0.6) is 0 Å². The highest BCUT2D eigenvalue weighted by atomic mass is 79.9. The average molecular weight is 397 g/mol. The number of esters is 1. The van der Waals surface area contributed by atoms with Crippen LogP contribution in [0.1, 0.15) is 10.4 Å². The van der Waals surface area contributed by atoms with E-state index in [-0.39, 0.29) is 5.97 Å². The van der Waals surface area contributed by atoms with Gasteiger partial charge in [0.25, 0.3) is 0 Å². The van der Waals surface area contributed by atoms with Crippen molar-refractivity contribution < 1.29 is 9.53 Å². The van der Waals surface area contributed by atoms with E-state index < -0.39 is 0 Å². The van der Waals surface area contributed by atoms with Crippen LogP contribution >= 0.6 is 27.3 Å². The second kappa shape index (κ2) is 6.04. The summed E-state index contributed by atoms with van der Waals surface area (Å²) < 4.78 is 8.37. The first-order valence-corrected chi connectivity index (χ1v) is 9.08. The third kappa shape index (κ3) is 2.52. The Labute approximate surface area is 151 Å². The van der Waals surface area contributed by atoms with Crippen molar-refractivity contribution in [1.82, 2.24) is 0 Å². The zero-order chi connectivity index (χ0) is 16.7. The molecule has 0 N–H and O–H groups in total. The molecular weight excluding hydrogens is 384 g/mol. The maximum Gasteiger partial charge on any atom is 0.337 e. The second-order valence-electron chi connectivity index (χ2n) is 5.50. The molecule has 0 unspecified atom stereocenters. The van der Waals surface area contributed by atoms with E-state index in [0.717, 1.165) is 21.0 Å². The van der Waals surface area contributed by atoms with Gasteiger partial charge in [-0.3, -0.25) is 0 Å². The molecule has 0 radical (unpaired) electrons. The first-order chi connectivity index (χ1) is 11.7. The van der Waals surface area contributed by atoms with Crippen LogP contribution in [0.4, 0.5) is 0 Å². The van der Waals surface area contributed by atoms with Crippen molar-refractivity contribution >= 4 is 53.4 Å². The van der Waals surface area contributed by atoms with Gasteiger partial charge in [-0.1, -0.05) is 46.3 Å². The van der Waals surface area contributed by atoms with Crippen LogP contribution in [-0.2, 0) is 4.74 Å². The van der Waals surface area contributed by atoms with Crippen LogP contribution in [0.15, 0.2) is 65.1 Å². The molecule has 0 aliphatic rings. The highest BCUT2D eigenvalue weighted by Crippen LogP contribution is 2.41. The highest BCUT2D eigenvalue weighted by molar-refractivity contribution is 9.10. The van der Waals surface area contributed by atoms with Crippen molar-refractivity contribution in [3.05, 3.63) is 70.7 Å². The Hall–Kier alpha value is -2.17. The van der Waals surface area contributed by atoms with Gasteiger partial charge in [0.1, 0.15) is 0 Å². The minimum atomic E-state index is -0.314. The molecule has 4 rings (SSSR count). The predicted octanol–water partition coefficient (Wildman–Crippen LogP) is 6.27. The number of rotatable bonds is 2. The molecule has 0 aliphatic heterocycles. The standard InChI is InChI=1S/C20H13BrO2S/c1-23-20(22)13-10-16(12-6-8-14(21)9-7-12)19-17(11-13)15-4-2-3-5-18(15)24-19/h2-11H,1H3. The zero-order valence-corrected chi connectivity index (χ0v) is 15.3. The van der Waals surface area contributed by atoms with Gasteiger partial charge in [0.2, 0.25) is 0 Å². The van der Waals surface area contributed by atoms with Gasteiger partial charge in [-0.15, -0.1) is 11.3 Å². The van der Waals surface area contributed by atoms with Crippen molar-refractivity contribution in [3.8, 4) is 11.1 Å². The van der Waals surface area contributed by atoms with E-state index in [0.29, 0.717) is 5.56 Å². The van der Waals surface area contributed by atoms with Gasteiger partial charge in [0.05, 0.1) is 12.7 Å². The van der Waals surface area contributed by atoms with Crippen LogP contribution in [0.25, 0.3) is 31.3 Å². The summed E-state index contributed by atoms with van der Waals surface area (Å²) >= 11 is 5.22. The Morgan fingerprint density at radius 3 is 2.50 bits per heavy atom. The lowest BCUT2D eigenvalue weighted by atomic mass is 9.99. The van der Waals surface area contributed by atoms with Crippen molar-refractivity contribution in [2.24, 2.45) is 0 Å². The van der Waals surface area contributed by atoms with E-state index in [1.807, 2.05) is 36.4 Å². The van der Waals surface area contributed by atoms with Gasteiger partial charge < -0.3 is 4.74 Å². The fourth-order valence-electron chi connectivity index (χ4n) is 2.91. The lowest BCUT2D eigenvalue weighted by Crippen LogP contribution is -2.01. The molecule has 1 aromatic heterocycles. The number of ether oxygens (including phenoxy) is 1. The molecule has 0 atom stereocenters. The van der Waals surface area contributed by atoms with Gasteiger partial charge in [0, 0.05) is 30.2 Å². The Morgan fingerprint density at radius 2 is 1.75 bits per heavy atom. The first kappa shape index (κ1) is 15.4. The smallest absolute Gasteiger partial charge is 0.337 e. The molecule has 0 saturated carbocycles. The fourth-order valence-corrected chi connectivity index (χ4v) is 4.39. The van der Waals surface area contributed by atoms with Gasteiger partial charge in [-0.25, -0.2) is 4.79 Å².